The number of carbonyl (C=O) groups excluding carboxylic acids is 2. The summed E-state index contributed by atoms with van der Waals surface area (Å²) < 4.78 is 5.12. The third kappa shape index (κ3) is 6.50. The van der Waals surface area contributed by atoms with Gasteiger partial charge in [0.1, 0.15) is 0 Å². The van der Waals surface area contributed by atoms with Gasteiger partial charge in [0.05, 0.1) is 29.1 Å². The van der Waals surface area contributed by atoms with E-state index in [9.17, 15) is 19.7 Å². The number of esters is 1. The van der Waals surface area contributed by atoms with Crippen LogP contribution in [0.3, 0.4) is 0 Å². The number of hydrogen-bond acceptors (Lipinski definition) is 6. The van der Waals surface area contributed by atoms with E-state index in [2.05, 4.69) is 10.6 Å². The van der Waals surface area contributed by atoms with Gasteiger partial charge < -0.3 is 15.4 Å². The fourth-order valence-corrected chi connectivity index (χ4v) is 2.38. The lowest BCUT2D eigenvalue weighted by atomic mass is 10.0. The smallest absolute Gasteiger partial charge is 0.308 e. The third-order valence-corrected chi connectivity index (χ3v) is 3.52. The minimum Gasteiger partial charge on any atom is -0.463 e. The molecule has 0 spiro atoms. The van der Waals surface area contributed by atoms with E-state index in [1.54, 1.807) is 33.9 Å². The number of rotatable bonds is 9. The van der Waals surface area contributed by atoms with Gasteiger partial charge in [-0.1, -0.05) is 25.1 Å². The largest absolute Gasteiger partial charge is 0.463 e. The minimum absolute atomic E-state index is 0.147. The molecule has 0 bridgehead atoms. The molecule has 1 aromatic rings. The summed E-state index contributed by atoms with van der Waals surface area (Å²) >= 11 is 0. The van der Waals surface area contributed by atoms with E-state index in [0.717, 1.165) is 0 Å². The molecule has 0 aromatic heterocycles. The Morgan fingerprint density at radius 1 is 1.24 bits per heavy atom. The molecule has 0 heterocycles. The van der Waals surface area contributed by atoms with E-state index in [0.29, 0.717) is 6.54 Å². The number of nitrogens with zero attached hydrogens (tertiary/aromatic N) is 1. The van der Waals surface area contributed by atoms with Crippen LogP contribution >= 0.6 is 0 Å². The number of nitro groups is 1. The van der Waals surface area contributed by atoms with E-state index in [1.807, 2.05) is 0 Å². The predicted octanol–water partition coefficient (Wildman–Crippen LogP) is 1.95. The molecule has 0 saturated carbocycles. The summed E-state index contributed by atoms with van der Waals surface area (Å²) in [5.74, 6) is -1.18. The fourth-order valence-electron chi connectivity index (χ4n) is 2.38. The normalized spacial score (nSPS) is 13.2. The Morgan fingerprint density at radius 3 is 2.44 bits per heavy atom. The quantitative estimate of drug-likeness (QED) is 0.400. The van der Waals surface area contributed by atoms with Gasteiger partial charge in [0.15, 0.2) is 0 Å². The summed E-state index contributed by atoms with van der Waals surface area (Å²) in [4.78, 5) is 35.1. The highest BCUT2D eigenvalue weighted by molar-refractivity contribution is 5.80. The summed E-state index contributed by atoms with van der Waals surface area (Å²) in [5.41, 5.74) is 0.129. The zero-order valence-corrected chi connectivity index (χ0v) is 14.9. The van der Waals surface area contributed by atoms with Gasteiger partial charge in [0, 0.05) is 18.5 Å². The molecule has 2 atom stereocenters. The number of para-hydroxylation sites is 1. The van der Waals surface area contributed by atoms with Crippen molar-refractivity contribution in [3.8, 4) is 0 Å². The lowest BCUT2D eigenvalue weighted by Gasteiger charge is -2.21. The molecule has 1 aromatic carbocycles. The van der Waals surface area contributed by atoms with Crippen molar-refractivity contribution in [2.75, 3.05) is 13.6 Å². The molecular weight excluding hydrogens is 326 g/mol. The van der Waals surface area contributed by atoms with Crippen molar-refractivity contribution in [3.05, 3.63) is 39.9 Å². The molecule has 8 nitrogen and oxygen atoms in total. The van der Waals surface area contributed by atoms with Crippen LogP contribution in [0.2, 0.25) is 0 Å². The molecule has 1 amide bonds. The zero-order valence-electron chi connectivity index (χ0n) is 14.9. The number of ether oxygens (including phenoxy) is 1. The summed E-state index contributed by atoms with van der Waals surface area (Å²) in [7, 11) is 1.73. The second-order valence-corrected chi connectivity index (χ2v) is 6.08. The van der Waals surface area contributed by atoms with E-state index in [4.69, 9.17) is 4.74 Å². The fraction of sp³-hybridized carbons (Fsp3) is 0.529. The highest BCUT2D eigenvalue weighted by Gasteiger charge is 2.27. The van der Waals surface area contributed by atoms with Crippen molar-refractivity contribution in [2.45, 2.75) is 39.3 Å². The van der Waals surface area contributed by atoms with Gasteiger partial charge in [-0.2, -0.15) is 0 Å². The first-order valence-electron chi connectivity index (χ1n) is 8.14. The van der Waals surface area contributed by atoms with Crippen molar-refractivity contribution in [1.29, 1.82) is 0 Å². The van der Waals surface area contributed by atoms with Crippen LogP contribution < -0.4 is 10.6 Å². The summed E-state index contributed by atoms with van der Waals surface area (Å²) in [6, 6.07) is 5.22. The van der Waals surface area contributed by atoms with Gasteiger partial charge in [0.2, 0.25) is 5.91 Å². The predicted molar refractivity (Wildman–Crippen MR) is 92.9 cm³/mol. The van der Waals surface area contributed by atoms with Crippen LogP contribution in [-0.2, 0) is 14.3 Å². The lowest BCUT2D eigenvalue weighted by Crippen LogP contribution is -2.38. The second-order valence-electron chi connectivity index (χ2n) is 6.08. The topological polar surface area (TPSA) is 111 Å². The second kappa shape index (κ2) is 9.73. The maximum atomic E-state index is 12.3. The molecule has 8 heteroatoms. The zero-order chi connectivity index (χ0) is 19.0. The molecule has 0 fully saturated rings. The van der Waals surface area contributed by atoms with E-state index in [1.165, 1.54) is 18.2 Å². The molecule has 2 unspecified atom stereocenters. The molecule has 2 N–H and O–H groups in total. The average Bonchev–Trinajstić information content (AvgIpc) is 2.53. The maximum absolute atomic E-state index is 12.3. The Morgan fingerprint density at radius 2 is 1.88 bits per heavy atom. The Balaban J connectivity index is 3.09. The van der Waals surface area contributed by atoms with Crippen molar-refractivity contribution >= 4 is 17.6 Å². The van der Waals surface area contributed by atoms with Gasteiger partial charge >= 0.3 is 5.97 Å². The average molecular weight is 351 g/mol. The van der Waals surface area contributed by atoms with Crippen molar-refractivity contribution in [2.24, 2.45) is 5.92 Å². The van der Waals surface area contributed by atoms with Gasteiger partial charge in [-0.25, -0.2) is 0 Å². The molecule has 1 rings (SSSR count). The number of nitro benzene ring substituents is 1. The first kappa shape index (κ1) is 20.6. The van der Waals surface area contributed by atoms with Gasteiger partial charge in [-0.3, -0.25) is 19.7 Å². The molecule has 25 heavy (non-hydrogen) atoms. The van der Waals surface area contributed by atoms with Crippen LogP contribution in [0.5, 0.6) is 0 Å². The molecule has 0 aliphatic carbocycles. The molecule has 0 saturated heterocycles. The van der Waals surface area contributed by atoms with E-state index in [-0.39, 0.29) is 35.6 Å². The van der Waals surface area contributed by atoms with Crippen LogP contribution in [0.25, 0.3) is 0 Å². The van der Waals surface area contributed by atoms with Crippen molar-refractivity contribution in [3.63, 3.8) is 0 Å². The summed E-state index contributed by atoms with van der Waals surface area (Å²) in [6.45, 7) is 5.61. The van der Waals surface area contributed by atoms with E-state index >= 15 is 0 Å². The number of benzene rings is 1. The van der Waals surface area contributed by atoms with Crippen LogP contribution in [0.1, 0.15) is 38.8 Å². The number of carbonyl (C=O) groups is 2. The molecule has 0 aliphatic heterocycles. The summed E-state index contributed by atoms with van der Waals surface area (Å²) in [6.07, 6.45) is -0.487. The van der Waals surface area contributed by atoms with Crippen LogP contribution in [-0.4, -0.2) is 36.5 Å². The first-order valence-corrected chi connectivity index (χ1v) is 8.14. The Bertz CT molecular complexity index is 618. The van der Waals surface area contributed by atoms with Crippen molar-refractivity contribution in [1.82, 2.24) is 10.6 Å². The van der Waals surface area contributed by atoms with Crippen LogP contribution in [0.15, 0.2) is 24.3 Å². The first-order chi connectivity index (χ1) is 11.8. The van der Waals surface area contributed by atoms with Crippen LogP contribution in [0.4, 0.5) is 5.69 Å². The SMILES string of the molecule is CNCC(C)C(=O)NC(CC(=O)OC(C)C)c1ccccc1[N+](=O)[O-]. The Kier molecular flexibility index (Phi) is 8.00. The van der Waals surface area contributed by atoms with Gasteiger partial charge in [0.25, 0.3) is 5.69 Å². The molecular formula is C17H25N3O5. The van der Waals surface area contributed by atoms with Crippen molar-refractivity contribution < 1.29 is 19.2 Å². The molecule has 138 valence electrons. The standard InChI is InChI=1S/C17H25N3O5/c1-11(2)25-16(21)9-14(19-17(22)12(3)10-18-4)13-7-5-6-8-15(13)20(23)24/h5-8,11-12,14,18H,9-10H2,1-4H3,(H,19,22). The monoisotopic (exact) mass is 351 g/mol. The molecule has 0 aliphatic rings. The maximum Gasteiger partial charge on any atom is 0.308 e. The van der Waals surface area contributed by atoms with Crippen LogP contribution in [0, 0.1) is 16.0 Å². The highest BCUT2D eigenvalue weighted by atomic mass is 16.6. The Labute approximate surface area is 147 Å². The highest BCUT2D eigenvalue weighted by Crippen LogP contribution is 2.27. The lowest BCUT2D eigenvalue weighted by molar-refractivity contribution is -0.385. The summed E-state index contributed by atoms with van der Waals surface area (Å²) in [5, 5.41) is 16.9. The van der Waals surface area contributed by atoms with Gasteiger partial charge in [-0.15, -0.1) is 0 Å². The third-order valence-electron chi connectivity index (χ3n) is 3.52. The van der Waals surface area contributed by atoms with E-state index < -0.39 is 16.9 Å². The Hall–Kier alpha value is -2.48. The number of hydrogen-bond donors (Lipinski definition) is 2. The molecule has 0 radical (unpaired) electrons. The number of nitrogens with one attached hydrogen (secondary N) is 2. The number of amides is 1. The minimum atomic E-state index is -0.834. The van der Waals surface area contributed by atoms with Gasteiger partial charge in [-0.05, 0) is 20.9 Å².